The zero-order chi connectivity index (χ0) is 12.8. The van der Waals surface area contributed by atoms with Gasteiger partial charge in [-0.1, -0.05) is 0 Å². The molecule has 0 radical (unpaired) electrons. The Morgan fingerprint density at radius 2 is 2.22 bits per heavy atom. The van der Waals surface area contributed by atoms with Crippen LogP contribution in [0.25, 0.3) is 0 Å². The van der Waals surface area contributed by atoms with Gasteiger partial charge in [0.2, 0.25) is 5.91 Å². The SMILES string of the molecule is CNCCC1CCN(C(=O)Cn2cncn2)CC1. The molecule has 0 unspecified atom stereocenters. The maximum Gasteiger partial charge on any atom is 0.244 e. The minimum absolute atomic E-state index is 0.146. The zero-order valence-electron chi connectivity index (χ0n) is 10.9. The molecule has 1 fully saturated rings. The Kier molecular flexibility index (Phi) is 4.69. The number of nitrogens with one attached hydrogen (secondary N) is 1. The molecule has 1 N–H and O–H groups in total. The maximum absolute atomic E-state index is 12.0. The summed E-state index contributed by atoms with van der Waals surface area (Å²) in [6, 6.07) is 0. The van der Waals surface area contributed by atoms with E-state index in [-0.39, 0.29) is 5.91 Å². The molecule has 1 amide bonds. The van der Waals surface area contributed by atoms with E-state index in [0.29, 0.717) is 6.54 Å². The van der Waals surface area contributed by atoms with Crippen LogP contribution in [0.5, 0.6) is 0 Å². The van der Waals surface area contributed by atoms with Gasteiger partial charge in [0.15, 0.2) is 0 Å². The smallest absolute Gasteiger partial charge is 0.244 e. The fraction of sp³-hybridized carbons (Fsp3) is 0.750. The summed E-state index contributed by atoms with van der Waals surface area (Å²) < 4.78 is 1.58. The lowest BCUT2D eigenvalue weighted by Gasteiger charge is -2.32. The second kappa shape index (κ2) is 6.49. The summed E-state index contributed by atoms with van der Waals surface area (Å²) in [5, 5.41) is 7.14. The Morgan fingerprint density at radius 3 is 2.83 bits per heavy atom. The van der Waals surface area contributed by atoms with Gasteiger partial charge in [0, 0.05) is 13.1 Å². The molecule has 1 aliphatic rings. The minimum Gasteiger partial charge on any atom is -0.341 e. The third-order valence-electron chi connectivity index (χ3n) is 3.53. The van der Waals surface area contributed by atoms with Gasteiger partial charge in [0.1, 0.15) is 19.2 Å². The summed E-state index contributed by atoms with van der Waals surface area (Å²) in [6.45, 7) is 3.13. The Morgan fingerprint density at radius 1 is 1.44 bits per heavy atom. The number of carbonyl (C=O) groups is 1. The molecule has 6 heteroatoms. The van der Waals surface area contributed by atoms with E-state index in [0.717, 1.165) is 38.4 Å². The van der Waals surface area contributed by atoms with Gasteiger partial charge in [-0.2, -0.15) is 5.10 Å². The summed E-state index contributed by atoms with van der Waals surface area (Å²) in [5.41, 5.74) is 0. The van der Waals surface area contributed by atoms with E-state index >= 15 is 0 Å². The Bertz CT molecular complexity index is 357. The van der Waals surface area contributed by atoms with Crippen LogP contribution in [0.2, 0.25) is 0 Å². The first-order chi connectivity index (χ1) is 8.79. The summed E-state index contributed by atoms with van der Waals surface area (Å²) in [7, 11) is 1.98. The van der Waals surface area contributed by atoms with E-state index in [2.05, 4.69) is 15.4 Å². The van der Waals surface area contributed by atoms with E-state index < -0.39 is 0 Å². The molecule has 1 aliphatic heterocycles. The van der Waals surface area contributed by atoms with E-state index in [9.17, 15) is 4.79 Å². The molecule has 0 atom stereocenters. The zero-order valence-corrected chi connectivity index (χ0v) is 10.9. The van der Waals surface area contributed by atoms with Crippen molar-refractivity contribution >= 4 is 5.91 Å². The van der Waals surface area contributed by atoms with E-state index in [4.69, 9.17) is 0 Å². The normalized spacial score (nSPS) is 17.1. The first-order valence-electron chi connectivity index (χ1n) is 6.54. The number of hydrogen-bond donors (Lipinski definition) is 1. The number of amides is 1. The summed E-state index contributed by atoms with van der Waals surface area (Å²) in [5.74, 6) is 0.903. The third-order valence-corrected chi connectivity index (χ3v) is 3.53. The fourth-order valence-corrected chi connectivity index (χ4v) is 2.37. The van der Waals surface area contributed by atoms with Crippen molar-refractivity contribution < 1.29 is 4.79 Å². The van der Waals surface area contributed by atoms with Gasteiger partial charge in [0.25, 0.3) is 0 Å². The molecule has 1 saturated heterocycles. The van der Waals surface area contributed by atoms with Crippen LogP contribution < -0.4 is 5.32 Å². The van der Waals surface area contributed by atoms with Crippen molar-refractivity contribution in [3.63, 3.8) is 0 Å². The van der Waals surface area contributed by atoms with Gasteiger partial charge in [-0.05, 0) is 38.8 Å². The molecule has 2 rings (SSSR count). The lowest BCUT2D eigenvalue weighted by molar-refractivity contribution is -0.133. The number of carbonyl (C=O) groups excluding carboxylic acids is 1. The molecular formula is C12H21N5O. The molecule has 2 heterocycles. The number of nitrogens with zero attached hydrogens (tertiary/aromatic N) is 4. The van der Waals surface area contributed by atoms with Crippen LogP contribution >= 0.6 is 0 Å². The van der Waals surface area contributed by atoms with Crippen LogP contribution in [0, 0.1) is 5.92 Å². The molecule has 1 aromatic rings. The summed E-state index contributed by atoms with van der Waals surface area (Å²) in [6.07, 6.45) is 6.48. The molecule has 0 bridgehead atoms. The monoisotopic (exact) mass is 251 g/mol. The highest BCUT2D eigenvalue weighted by molar-refractivity contribution is 5.75. The van der Waals surface area contributed by atoms with Crippen molar-refractivity contribution in [2.45, 2.75) is 25.8 Å². The number of piperidine rings is 1. The average Bonchev–Trinajstić information content (AvgIpc) is 2.89. The van der Waals surface area contributed by atoms with Crippen molar-refractivity contribution in [1.82, 2.24) is 25.0 Å². The van der Waals surface area contributed by atoms with Crippen molar-refractivity contribution in [2.75, 3.05) is 26.7 Å². The summed E-state index contributed by atoms with van der Waals surface area (Å²) >= 11 is 0. The van der Waals surface area contributed by atoms with E-state index in [1.807, 2.05) is 11.9 Å². The van der Waals surface area contributed by atoms with Crippen LogP contribution in [0.15, 0.2) is 12.7 Å². The van der Waals surface area contributed by atoms with Crippen molar-refractivity contribution in [3.05, 3.63) is 12.7 Å². The van der Waals surface area contributed by atoms with Crippen molar-refractivity contribution in [1.29, 1.82) is 0 Å². The molecule has 0 spiro atoms. The number of hydrogen-bond acceptors (Lipinski definition) is 4. The van der Waals surface area contributed by atoms with Crippen LogP contribution in [0.4, 0.5) is 0 Å². The standard InChI is InChI=1S/C12H21N5O/c1-13-5-2-11-3-6-16(7-4-11)12(18)8-17-10-14-9-15-17/h9-11,13H,2-8H2,1H3. The second-order valence-electron chi connectivity index (χ2n) is 4.81. The molecule has 0 aromatic carbocycles. The molecule has 100 valence electrons. The third kappa shape index (κ3) is 3.53. The fourth-order valence-electron chi connectivity index (χ4n) is 2.37. The Balaban J connectivity index is 1.73. The molecule has 1 aromatic heterocycles. The van der Waals surface area contributed by atoms with E-state index in [1.165, 1.54) is 12.7 Å². The molecule has 18 heavy (non-hydrogen) atoms. The van der Waals surface area contributed by atoms with Gasteiger partial charge in [-0.15, -0.1) is 0 Å². The van der Waals surface area contributed by atoms with Crippen LogP contribution in [0.3, 0.4) is 0 Å². The lowest BCUT2D eigenvalue weighted by atomic mass is 9.93. The Labute approximate surface area is 107 Å². The minimum atomic E-state index is 0.146. The highest BCUT2D eigenvalue weighted by atomic mass is 16.2. The van der Waals surface area contributed by atoms with E-state index in [1.54, 1.807) is 11.0 Å². The van der Waals surface area contributed by atoms with Gasteiger partial charge in [-0.25, -0.2) is 9.67 Å². The van der Waals surface area contributed by atoms with Crippen LogP contribution in [-0.4, -0.2) is 52.3 Å². The average molecular weight is 251 g/mol. The number of likely N-dealkylation sites (tertiary alicyclic amines) is 1. The van der Waals surface area contributed by atoms with Crippen LogP contribution in [0.1, 0.15) is 19.3 Å². The predicted molar refractivity (Wildman–Crippen MR) is 67.9 cm³/mol. The topological polar surface area (TPSA) is 63.1 Å². The van der Waals surface area contributed by atoms with Crippen molar-refractivity contribution in [2.24, 2.45) is 5.92 Å². The lowest BCUT2D eigenvalue weighted by Crippen LogP contribution is -2.40. The highest BCUT2D eigenvalue weighted by Gasteiger charge is 2.22. The molecule has 0 aliphatic carbocycles. The summed E-state index contributed by atoms with van der Waals surface area (Å²) in [4.78, 5) is 17.8. The van der Waals surface area contributed by atoms with Crippen LogP contribution in [-0.2, 0) is 11.3 Å². The maximum atomic E-state index is 12.0. The first kappa shape index (κ1) is 13.0. The molecule has 6 nitrogen and oxygen atoms in total. The van der Waals surface area contributed by atoms with Crippen molar-refractivity contribution in [3.8, 4) is 0 Å². The molecular weight excluding hydrogens is 230 g/mol. The largest absolute Gasteiger partial charge is 0.341 e. The van der Waals surface area contributed by atoms with Gasteiger partial charge < -0.3 is 10.2 Å². The predicted octanol–water partition coefficient (Wildman–Crippen LogP) is 0.126. The highest BCUT2D eigenvalue weighted by Crippen LogP contribution is 2.20. The van der Waals surface area contributed by atoms with Gasteiger partial charge >= 0.3 is 0 Å². The number of aromatic nitrogens is 3. The Hall–Kier alpha value is -1.43. The van der Waals surface area contributed by atoms with Gasteiger partial charge in [-0.3, -0.25) is 4.79 Å². The number of rotatable bonds is 5. The van der Waals surface area contributed by atoms with Gasteiger partial charge in [0.05, 0.1) is 0 Å². The second-order valence-corrected chi connectivity index (χ2v) is 4.81. The molecule has 0 saturated carbocycles. The first-order valence-corrected chi connectivity index (χ1v) is 6.54. The quantitative estimate of drug-likeness (QED) is 0.808.